The van der Waals surface area contributed by atoms with Gasteiger partial charge in [0.05, 0.1) is 31.4 Å². The Hall–Kier alpha value is -4.58. The third-order valence-corrected chi connectivity index (χ3v) is 6.73. The molecule has 210 valence electrons. The highest BCUT2D eigenvalue weighted by Gasteiger charge is 2.27. The minimum Gasteiger partial charge on any atom is -0.481 e. The van der Waals surface area contributed by atoms with Gasteiger partial charge < -0.3 is 30.3 Å². The molecule has 1 aromatic carbocycles. The molecule has 4 rings (SSSR count). The summed E-state index contributed by atoms with van der Waals surface area (Å²) in [6, 6.07) is 11.7. The van der Waals surface area contributed by atoms with Crippen molar-refractivity contribution < 1.29 is 33.8 Å². The number of carboxylic acid groups (broad SMARTS) is 1. The number of carbonyl (C=O) groups is 5. The van der Waals surface area contributed by atoms with Crippen molar-refractivity contribution in [3.63, 3.8) is 0 Å². The Labute approximate surface area is 231 Å². The number of amides is 3. The van der Waals surface area contributed by atoms with Gasteiger partial charge in [0.25, 0.3) is 0 Å². The lowest BCUT2D eigenvalue weighted by Gasteiger charge is -2.30. The molecule has 0 bridgehead atoms. The molecule has 12 nitrogen and oxygen atoms in total. The average Bonchev–Trinajstić information content (AvgIpc) is 2.99. The molecule has 3 amide bonds. The Kier molecular flexibility index (Phi) is 9.57. The average molecular weight is 550 g/mol. The molecule has 0 spiro atoms. The highest BCUT2D eigenvalue weighted by molar-refractivity contribution is 6.39. The number of anilines is 2. The number of carboxylic acids is 1. The fourth-order valence-corrected chi connectivity index (χ4v) is 4.39. The Morgan fingerprint density at radius 3 is 2.33 bits per heavy atom. The molecule has 0 atom stereocenters. The van der Waals surface area contributed by atoms with Gasteiger partial charge in [-0.05, 0) is 61.4 Å². The van der Waals surface area contributed by atoms with Gasteiger partial charge in [0, 0.05) is 37.4 Å². The number of likely N-dealkylation sites (tertiary alicyclic amines) is 1. The summed E-state index contributed by atoms with van der Waals surface area (Å²) < 4.78 is 5.37. The zero-order valence-corrected chi connectivity index (χ0v) is 21.9. The van der Waals surface area contributed by atoms with Crippen molar-refractivity contribution in [2.45, 2.75) is 12.8 Å². The number of piperidine rings is 1. The van der Waals surface area contributed by atoms with Crippen molar-refractivity contribution in [2.75, 3.05) is 56.2 Å². The lowest BCUT2D eigenvalue weighted by molar-refractivity contribution is -0.145. The van der Waals surface area contributed by atoms with E-state index in [-0.39, 0.29) is 31.3 Å². The van der Waals surface area contributed by atoms with Crippen LogP contribution in [0.5, 0.6) is 0 Å². The molecule has 0 aliphatic carbocycles. The quantitative estimate of drug-likeness (QED) is 0.250. The van der Waals surface area contributed by atoms with E-state index in [2.05, 4.69) is 20.5 Å². The second-order valence-corrected chi connectivity index (χ2v) is 9.43. The molecule has 0 saturated carbocycles. The monoisotopic (exact) mass is 549 g/mol. The molecule has 2 aromatic rings. The summed E-state index contributed by atoms with van der Waals surface area (Å²) in [6.07, 6.45) is 3.77. The van der Waals surface area contributed by atoms with Crippen LogP contribution in [0.2, 0.25) is 0 Å². The second kappa shape index (κ2) is 13.5. The van der Waals surface area contributed by atoms with Crippen molar-refractivity contribution in [1.82, 2.24) is 15.2 Å². The van der Waals surface area contributed by atoms with Gasteiger partial charge >= 0.3 is 17.8 Å². The molecule has 2 saturated heterocycles. The number of hydrogen-bond donors (Lipinski definition) is 3. The highest BCUT2D eigenvalue weighted by atomic mass is 16.5. The largest absolute Gasteiger partial charge is 0.481 e. The van der Waals surface area contributed by atoms with Crippen LogP contribution < -0.4 is 15.5 Å². The summed E-state index contributed by atoms with van der Waals surface area (Å²) in [4.78, 5) is 68.5. The van der Waals surface area contributed by atoms with E-state index in [0.717, 1.165) is 18.9 Å². The fourth-order valence-electron chi connectivity index (χ4n) is 4.39. The van der Waals surface area contributed by atoms with Gasteiger partial charge in [0.2, 0.25) is 5.91 Å². The number of nitrogens with one attached hydrogen (secondary N) is 2. The van der Waals surface area contributed by atoms with Gasteiger partial charge in [0.15, 0.2) is 5.78 Å². The number of hydrogen-bond acceptors (Lipinski definition) is 8. The molecule has 0 unspecified atom stereocenters. The van der Waals surface area contributed by atoms with Gasteiger partial charge in [0.1, 0.15) is 5.82 Å². The first-order chi connectivity index (χ1) is 19.3. The van der Waals surface area contributed by atoms with Gasteiger partial charge in [-0.2, -0.15) is 0 Å². The van der Waals surface area contributed by atoms with Crippen molar-refractivity contribution in [2.24, 2.45) is 5.92 Å². The van der Waals surface area contributed by atoms with Crippen LogP contribution in [0.25, 0.3) is 6.08 Å². The minimum absolute atomic E-state index is 0.250. The van der Waals surface area contributed by atoms with E-state index in [9.17, 15) is 24.0 Å². The van der Waals surface area contributed by atoms with Crippen LogP contribution in [-0.2, 0) is 23.9 Å². The Bertz CT molecular complexity index is 1280. The third kappa shape index (κ3) is 7.73. The Morgan fingerprint density at radius 1 is 0.950 bits per heavy atom. The number of allylic oxidation sites excluding steroid dienone is 1. The Morgan fingerprint density at radius 2 is 1.65 bits per heavy atom. The van der Waals surface area contributed by atoms with Crippen molar-refractivity contribution in [3.8, 4) is 0 Å². The van der Waals surface area contributed by atoms with E-state index < -0.39 is 23.7 Å². The van der Waals surface area contributed by atoms with Crippen molar-refractivity contribution in [1.29, 1.82) is 0 Å². The molecule has 3 heterocycles. The molecular formula is C28H31N5O7. The second-order valence-electron chi connectivity index (χ2n) is 9.43. The number of morpholine rings is 1. The zero-order chi connectivity index (χ0) is 28.5. The SMILES string of the molecule is O=C(NCC(=O)N1CCC(C(=O)O)CC1)C(=O)Nc1ccc(C(=O)/C=C/c2cccc(N3CCOCC3)n2)cc1. The lowest BCUT2D eigenvalue weighted by atomic mass is 9.97. The fraction of sp³-hybridized carbons (Fsp3) is 0.357. The number of nitrogens with zero attached hydrogens (tertiary/aromatic N) is 3. The summed E-state index contributed by atoms with van der Waals surface area (Å²) in [5.41, 5.74) is 1.35. The van der Waals surface area contributed by atoms with E-state index in [0.29, 0.717) is 43.0 Å². The summed E-state index contributed by atoms with van der Waals surface area (Å²) in [7, 11) is 0. The zero-order valence-electron chi connectivity index (χ0n) is 21.9. The van der Waals surface area contributed by atoms with Crippen LogP contribution in [-0.4, -0.2) is 90.4 Å². The first-order valence-electron chi connectivity index (χ1n) is 13.0. The summed E-state index contributed by atoms with van der Waals surface area (Å²) >= 11 is 0. The van der Waals surface area contributed by atoms with E-state index in [1.54, 1.807) is 6.08 Å². The van der Waals surface area contributed by atoms with E-state index in [1.165, 1.54) is 35.2 Å². The molecule has 12 heteroatoms. The van der Waals surface area contributed by atoms with Crippen LogP contribution in [0.1, 0.15) is 28.9 Å². The minimum atomic E-state index is -0.983. The summed E-state index contributed by atoms with van der Waals surface area (Å²) in [5, 5.41) is 13.8. The standard InChI is InChI=1S/C28H31N5O7/c34-23(9-8-21-2-1-3-24(30-21)32-14-16-40-17-15-32)19-4-6-22(7-5-19)31-27(37)26(36)29-18-25(35)33-12-10-20(11-13-33)28(38)39/h1-9,20H,10-18H2,(H,29,36)(H,31,37)(H,38,39)/b9-8+. The van der Waals surface area contributed by atoms with E-state index in [1.807, 2.05) is 18.2 Å². The smallest absolute Gasteiger partial charge is 0.313 e. The van der Waals surface area contributed by atoms with Gasteiger partial charge in [-0.15, -0.1) is 0 Å². The molecule has 2 aliphatic heterocycles. The topological polar surface area (TPSA) is 158 Å². The van der Waals surface area contributed by atoms with Crippen LogP contribution >= 0.6 is 0 Å². The van der Waals surface area contributed by atoms with Gasteiger partial charge in [-0.25, -0.2) is 4.98 Å². The maximum atomic E-state index is 12.6. The molecule has 3 N–H and O–H groups in total. The number of ether oxygens (including phenoxy) is 1. The van der Waals surface area contributed by atoms with Crippen molar-refractivity contribution in [3.05, 3.63) is 59.8 Å². The van der Waals surface area contributed by atoms with Crippen LogP contribution in [0.4, 0.5) is 11.5 Å². The summed E-state index contributed by atoms with van der Waals surface area (Å²) in [5.74, 6) is -3.10. The van der Waals surface area contributed by atoms with Crippen molar-refractivity contribution >= 4 is 47.1 Å². The maximum Gasteiger partial charge on any atom is 0.313 e. The first kappa shape index (κ1) is 28.4. The molecule has 40 heavy (non-hydrogen) atoms. The number of rotatable bonds is 8. The summed E-state index contributed by atoms with van der Waals surface area (Å²) in [6.45, 7) is 3.03. The number of benzene rings is 1. The first-order valence-corrected chi connectivity index (χ1v) is 13.0. The predicted molar refractivity (Wildman–Crippen MR) is 146 cm³/mol. The molecule has 1 aromatic heterocycles. The van der Waals surface area contributed by atoms with E-state index >= 15 is 0 Å². The molecule has 2 aliphatic rings. The normalized spacial score (nSPS) is 16.0. The third-order valence-electron chi connectivity index (χ3n) is 6.73. The number of aromatic nitrogens is 1. The number of ketones is 1. The Balaban J connectivity index is 1.23. The lowest BCUT2D eigenvalue weighted by Crippen LogP contribution is -2.46. The number of carbonyl (C=O) groups excluding carboxylic acids is 4. The van der Waals surface area contributed by atoms with Crippen LogP contribution in [0.15, 0.2) is 48.5 Å². The molecule has 0 radical (unpaired) electrons. The predicted octanol–water partition coefficient (Wildman–Crippen LogP) is 1.19. The molecule has 2 fully saturated rings. The highest BCUT2D eigenvalue weighted by Crippen LogP contribution is 2.17. The van der Waals surface area contributed by atoms with E-state index in [4.69, 9.17) is 9.84 Å². The number of pyridine rings is 1. The number of aliphatic carboxylic acids is 1. The van der Waals surface area contributed by atoms with Crippen LogP contribution in [0, 0.1) is 5.92 Å². The van der Waals surface area contributed by atoms with Gasteiger partial charge in [-0.1, -0.05) is 6.07 Å². The van der Waals surface area contributed by atoms with Gasteiger partial charge in [-0.3, -0.25) is 24.0 Å². The maximum absolute atomic E-state index is 12.6. The van der Waals surface area contributed by atoms with Crippen LogP contribution in [0.3, 0.4) is 0 Å². The molecular weight excluding hydrogens is 518 g/mol.